The van der Waals surface area contributed by atoms with Crippen LogP contribution in [0.2, 0.25) is 10.0 Å². The number of aliphatic imine (C=N–C) groups is 2. The largest absolute Gasteiger partial charge is 0.507 e. The molecule has 0 radical (unpaired) electrons. The molecule has 0 saturated heterocycles. The molecule has 4 nitrogen and oxygen atoms in total. The van der Waals surface area contributed by atoms with E-state index in [4.69, 9.17) is 23.2 Å². The van der Waals surface area contributed by atoms with Gasteiger partial charge in [-0.25, -0.2) is 0 Å². The molecule has 0 heterocycles. The summed E-state index contributed by atoms with van der Waals surface area (Å²) in [6, 6.07) is 21.2. The van der Waals surface area contributed by atoms with Gasteiger partial charge in [-0.1, -0.05) is 59.6 Å². The Morgan fingerprint density at radius 1 is 0.667 bits per heavy atom. The van der Waals surface area contributed by atoms with Crippen LogP contribution in [-0.2, 0) is 0 Å². The molecule has 0 aromatic heterocycles. The van der Waals surface area contributed by atoms with E-state index in [9.17, 15) is 10.2 Å². The first kappa shape index (κ1) is 20.0. The molecule has 0 atom stereocenters. The van der Waals surface area contributed by atoms with Crippen molar-refractivity contribution in [2.75, 3.05) is 0 Å². The predicted octanol–water partition coefficient (Wildman–Crippen LogP) is 7.06. The lowest BCUT2D eigenvalue weighted by atomic mass is 10.0. The Balaban J connectivity index is 1.82. The predicted molar refractivity (Wildman–Crippen MR) is 125 cm³/mol. The third kappa shape index (κ3) is 4.30. The number of aromatic hydroxyl groups is 2. The maximum absolute atomic E-state index is 10.1. The summed E-state index contributed by atoms with van der Waals surface area (Å²) in [6.07, 6.45) is 3.19. The SMILES string of the molecule is Oc1ccc(Cl)cc1C=Nc1c(C=Nc2cc(Cl)ccc2O)ccc2ccccc12. The average Bonchev–Trinajstić information content (AvgIpc) is 2.75. The summed E-state index contributed by atoms with van der Waals surface area (Å²) in [6.45, 7) is 0. The van der Waals surface area contributed by atoms with E-state index in [-0.39, 0.29) is 11.5 Å². The van der Waals surface area contributed by atoms with Gasteiger partial charge in [0.15, 0.2) is 0 Å². The van der Waals surface area contributed by atoms with Crippen molar-refractivity contribution >= 4 is 57.8 Å². The van der Waals surface area contributed by atoms with Gasteiger partial charge in [-0.2, -0.15) is 0 Å². The highest BCUT2D eigenvalue weighted by molar-refractivity contribution is 6.31. The van der Waals surface area contributed by atoms with Gasteiger partial charge < -0.3 is 10.2 Å². The van der Waals surface area contributed by atoms with Gasteiger partial charge in [0.1, 0.15) is 17.2 Å². The normalized spacial score (nSPS) is 11.7. The Morgan fingerprint density at radius 3 is 2.20 bits per heavy atom. The number of phenolic OH excluding ortho intramolecular Hbond substituents is 2. The van der Waals surface area contributed by atoms with E-state index in [0.29, 0.717) is 27.0 Å². The molecule has 0 aliphatic rings. The van der Waals surface area contributed by atoms with Crippen LogP contribution in [0.15, 0.2) is 82.8 Å². The summed E-state index contributed by atoms with van der Waals surface area (Å²) >= 11 is 12.1. The van der Waals surface area contributed by atoms with Gasteiger partial charge in [-0.05, 0) is 41.8 Å². The van der Waals surface area contributed by atoms with Crippen molar-refractivity contribution in [3.05, 3.63) is 94.0 Å². The standard InChI is InChI=1S/C24H16Cl2N2O2/c25-18-7-9-22(29)17(11-18)14-28-24-16(6-5-15-3-1-2-4-20(15)24)13-27-21-12-19(26)8-10-23(21)30/h1-14,29-30H. The first-order chi connectivity index (χ1) is 14.5. The molecule has 0 amide bonds. The molecule has 0 aliphatic carbocycles. The topological polar surface area (TPSA) is 65.2 Å². The van der Waals surface area contributed by atoms with E-state index in [1.807, 2.05) is 36.4 Å². The molecule has 148 valence electrons. The van der Waals surface area contributed by atoms with E-state index in [0.717, 1.165) is 16.3 Å². The second-order valence-corrected chi connectivity index (χ2v) is 7.45. The summed E-state index contributed by atoms with van der Waals surface area (Å²) in [5, 5.41) is 23.0. The fraction of sp³-hybridized carbons (Fsp3) is 0. The molecule has 0 aliphatic heterocycles. The summed E-state index contributed by atoms with van der Waals surface area (Å²) in [5.41, 5.74) is 2.28. The van der Waals surface area contributed by atoms with Crippen LogP contribution >= 0.6 is 23.2 Å². The van der Waals surface area contributed by atoms with Gasteiger partial charge in [0.05, 0.1) is 5.69 Å². The van der Waals surface area contributed by atoms with E-state index in [2.05, 4.69) is 9.98 Å². The van der Waals surface area contributed by atoms with Crippen molar-refractivity contribution in [2.45, 2.75) is 0 Å². The Morgan fingerprint density at radius 2 is 1.37 bits per heavy atom. The highest BCUT2D eigenvalue weighted by atomic mass is 35.5. The maximum Gasteiger partial charge on any atom is 0.141 e. The van der Waals surface area contributed by atoms with Crippen molar-refractivity contribution < 1.29 is 10.2 Å². The lowest BCUT2D eigenvalue weighted by molar-refractivity contribution is 0.474. The van der Waals surface area contributed by atoms with Crippen LogP contribution in [0.4, 0.5) is 11.4 Å². The fourth-order valence-corrected chi connectivity index (χ4v) is 3.37. The molecule has 4 rings (SSSR count). The third-order valence-corrected chi connectivity index (χ3v) is 5.00. The molecule has 4 aromatic carbocycles. The van der Waals surface area contributed by atoms with Crippen LogP contribution in [-0.4, -0.2) is 22.6 Å². The third-order valence-electron chi connectivity index (χ3n) is 4.53. The highest BCUT2D eigenvalue weighted by Crippen LogP contribution is 2.32. The summed E-state index contributed by atoms with van der Waals surface area (Å²) < 4.78 is 0. The molecule has 2 N–H and O–H groups in total. The minimum absolute atomic E-state index is 0.0327. The highest BCUT2D eigenvalue weighted by Gasteiger charge is 2.07. The van der Waals surface area contributed by atoms with Crippen molar-refractivity contribution in [1.82, 2.24) is 0 Å². The quantitative estimate of drug-likeness (QED) is 0.337. The van der Waals surface area contributed by atoms with Gasteiger partial charge in [-0.3, -0.25) is 9.98 Å². The Bertz CT molecular complexity index is 1300. The van der Waals surface area contributed by atoms with Gasteiger partial charge in [0, 0.05) is 39.0 Å². The molecule has 0 spiro atoms. The zero-order chi connectivity index (χ0) is 21.1. The zero-order valence-corrected chi connectivity index (χ0v) is 17.1. The van der Waals surface area contributed by atoms with Crippen molar-refractivity contribution in [1.29, 1.82) is 0 Å². The van der Waals surface area contributed by atoms with Crippen LogP contribution in [0.3, 0.4) is 0 Å². The lowest BCUT2D eigenvalue weighted by Crippen LogP contribution is -1.87. The number of benzene rings is 4. The smallest absolute Gasteiger partial charge is 0.141 e. The molecular weight excluding hydrogens is 419 g/mol. The molecule has 6 heteroatoms. The van der Waals surface area contributed by atoms with Crippen LogP contribution < -0.4 is 0 Å². The Labute approximate surface area is 183 Å². The number of hydrogen-bond acceptors (Lipinski definition) is 4. The molecule has 0 saturated carbocycles. The van der Waals surface area contributed by atoms with Gasteiger partial charge in [0.25, 0.3) is 0 Å². The number of halogens is 2. The lowest BCUT2D eigenvalue weighted by Gasteiger charge is -2.07. The molecule has 30 heavy (non-hydrogen) atoms. The van der Waals surface area contributed by atoms with E-state index in [1.165, 1.54) is 12.1 Å². The summed E-state index contributed by atoms with van der Waals surface area (Å²) in [4.78, 5) is 9.02. The second-order valence-electron chi connectivity index (χ2n) is 6.58. The summed E-state index contributed by atoms with van der Waals surface area (Å²) in [5.74, 6) is 0.118. The molecule has 0 bridgehead atoms. The van der Waals surface area contributed by atoms with E-state index < -0.39 is 0 Å². The van der Waals surface area contributed by atoms with E-state index in [1.54, 1.807) is 36.7 Å². The fourth-order valence-electron chi connectivity index (χ4n) is 3.02. The number of hydrogen-bond donors (Lipinski definition) is 2. The van der Waals surface area contributed by atoms with Crippen LogP contribution in [0.5, 0.6) is 11.5 Å². The van der Waals surface area contributed by atoms with Crippen LogP contribution in [0.25, 0.3) is 10.8 Å². The number of nitrogens with zero attached hydrogens (tertiary/aromatic N) is 2. The van der Waals surface area contributed by atoms with Crippen LogP contribution in [0, 0.1) is 0 Å². The van der Waals surface area contributed by atoms with E-state index >= 15 is 0 Å². The van der Waals surface area contributed by atoms with Gasteiger partial charge in [0.2, 0.25) is 0 Å². The molecule has 0 unspecified atom stereocenters. The Hall–Kier alpha value is -3.34. The summed E-state index contributed by atoms with van der Waals surface area (Å²) in [7, 11) is 0. The number of fused-ring (bicyclic) bond motifs is 1. The molecule has 4 aromatic rings. The molecular formula is C24H16Cl2N2O2. The first-order valence-electron chi connectivity index (χ1n) is 9.08. The maximum atomic E-state index is 10.1. The average molecular weight is 435 g/mol. The van der Waals surface area contributed by atoms with Crippen molar-refractivity contribution in [3.63, 3.8) is 0 Å². The zero-order valence-electron chi connectivity index (χ0n) is 15.6. The minimum atomic E-state index is 0.0327. The van der Waals surface area contributed by atoms with Crippen molar-refractivity contribution in [3.8, 4) is 11.5 Å². The van der Waals surface area contributed by atoms with Crippen molar-refractivity contribution in [2.24, 2.45) is 9.98 Å². The van der Waals surface area contributed by atoms with Gasteiger partial charge >= 0.3 is 0 Å². The molecule has 0 fully saturated rings. The van der Waals surface area contributed by atoms with Gasteiger partial charge in [-0.15, -0.1) is 0 Å². The number of rotatable bonds is 4. The minimum Gasteiger partial charge on any atom is -0.507 e. The second kappa shape index (κ2) is 8.57. The van der Waals surface area contributed by atoms with Crippen LogP contribution in [0.1, 0.15) is 11.1 Å². The Kier molecular flexibility index (Phi) is 5.70. The monoisotopic (exact) mass is 434 g/mol. The number of phenols is 2. The first-order valence-corrected chi connectivity index (χ1v) is 9.84.